The number of nitrogens with zero attached hydrogens (tertiary/aromatic N) is 3. The van der Waals surface area contributed by atoms with E-state index in [9.17, 15) is 4.79 Å². The van der Waals surface area contributed by atoms with E-state index in [4.69, 9.17) is 4.74 Å². The number of amides is 1. The number of hydrogen-bond acceptors (Lipinski definition) is 5. The first-order chi connectivity index (χ1) is 11.5. The predicted octanol–water partition coefficient (Wildman–Crippen LogP) is 3.55. The molecular formula is C17H24N4O2S. The fourth-order valence-electron chi connectivity index (χ4n) is 2.30. The van der Waals surface area contributed by atoms with E-state index in [-0.39, 0.29) is 11.7 Å². The monoisotopic (exact) mass is 348 g/mol. The molecule has 0 aliphatic rings. The lowest BCUT2D eigenvalue weighted by molar-refractivity contribution is -0.113. The van der Waals surface area contributed by atoms with Gasteiger partial charge in [0.1, 0.15) is 11.6 Å². The van der Waals surface area contributed by atoms with Gasteiger partial charge >= 0.3 is 0 Å². The molecular weight excluding hydrogens is 324 g/mol. The molecule has 1 heterocycles. The Morgan fingerprint density at radius 1 is 1.38 bits per heavy atom. The summed E-state index contributed by atoms with van der Waals surface area (Å²) in [4.78, 5) is 12.2. The van der Waals surface area contributed by atoms with Crippen LogP contribution in [-0.4, -0.2) is 33.5 Å². The second-order valence-electron chi connectivity index (χ2n) is 5.72. The number of carbonyl (C=O) groups is 1. The third kappa shape index (κ3) is 4.74. The average Bonchev–Trinajstić information content (AvgIpc) is 2.96. The molecule has 0 aliphatic carbocycles. The lowest BCUT2D eigenvalue weighted by atomic mass is 10.2. The number of anilines is 1. The summed E-state index contributed by atoms with van der Waals surface area (Å²) in [5, 5.41) is 12.2. The lowest BCUT2D eigenvalue weighted by Crippen LogP contribution is -2.15. The molecule has 1 aromatic heterocycles. The van der Waals surface area contributed by atoms with E-state index in [2.05, 4.69) is 40.9 Å². The van der Waals surface area contributed by atoms with Gasteiger partial charge in [0.25, 0.3) is 0 Å². The molecule has 24 heavy (non-hydrogen) atoms. The van der Waals surface area contributed by atoms with Gasteiger partial charge in [0.15, 0.2) is 5.16 Å². The van der Waals surface area contributed by atoms with E-state index in [1.165, 1.54) is 11.8 Å². The number of ether oxygens (including phenoxy) is 1. The van der Waals surface area contributed by atoms with Crippen LogP contribution in [0.25, 0.3) is 0 Å². The molecule has 6 nitrogen and oxygen atoms in total. The van der Waals surface area contributed by atoms with Crippen molar-refractivity contribution in [2.45, 2.75) is 44.8 Å². The molecule has 1 aromatic carbocycles. The maximum Gasteiger partial charge on any atom is 0.234 e. The Bertz CT molecular complexity index is 685. The van der Waals surface area contributed by atoms with Crippen molar-refractivity contribution in [3.63, 3.8) is 0 Å². The van der Waals surface area contributed by atoms with Crippen LogP contribution < -0.4 is 10.1 Å². The van der Waals surface area contributed by atoms with E-state index in [0.717, 1.165) is 29.6 Å². The van der Waals surface area contributed by atoms with Crippen LogP contribution in [0.1, 0.15) is 38.9 Å². The number of nitrogens with one attached hydrogen (secondary N) is 1. The summed E-state index contributed by atoms with van der Waals surface area (Å²) in [6.07, 6.45) is 1.00. The summed E-state index contributed by atoms with van der Waals surface area (Å²) in [6, 6.07) is 7.31. The molecule has 0 atom stereocenters. The Morgan fingerprint density at radius 3 is 2.83 bits per heavy atom. The number of benzene rings is 1. The molecule has 0 saturated heterocycles. The molecule has 7 heteroatoms. The predicted molar refractivity (Wildman–Crippen MR) is 96.7 cm³/mol. The Labute approximate surface area is 147 Å². The Kier molecular flexibility index (Phi) is 6.66. The first-order valence-electron chi connectivity index (χ1n) is 8.05. The number of aromatic nitrogens is 3. The van der Waals surface area contributed by atoms with Gasteiger partial charge in [-0.3, -0.25) is 4.79 Å². The zero-order valence-electron chi connectivity index (χ0n) is 14.6. The minimum absolute atomic E-state index is 0.0783. The van der Waals surface area contributed by atoms with Gasteiger partial charge in [-0.15, -0.1) is 10.2 Å². The Hall–Kier alpha value is -2.02. The number of methoxy groups -OCH3 is 1. The third-order valence-corrected chi connectivity index (χ3v) is 4.36. The summed E-state index contributed by atoms with van der Waals surface area (Å²) in [5.74, 6) is 2.20. The molecule has 0 bridgehead atoms. The van der Waals surface area contributed by atoms with Gasteiger partial charge in [-0.05, 0) is 18.6 Å². The molecule has 0 radical (unpaired) electrons. The lowest BCUT2D eigenvalue weighted by Gasteiger charge is -2.11. The molecule has 0 unspecified atom stereocenters. The molecule has 2 rings (SSSR count). The van der Waals surface area contributed by atoms with Crippen molar-refractivity contribution in [1.29, 1.82) is 0 Å². The van der Waals surface area contributed by atoms with Gasteiger partial charge in [0, 0.05) is 24.2 Å². The number of rotatable bonds is 8. The van der Waals surface area contributed by atoms with Crippen molar-refractivity contribution in [2.24, 2.45) is 0 Å². The summed E-state index contributed by atoms with van der Waals surface area (Å²) in [5.41, 5.74) is 0.720. The smallest absolute Gasteiger partial charge is 0.234 e. The highest BCUT2D eigenvalue weighted by molar-refractivity contribution is 7.99. The molecule has 0 spiro atoms. The molecule has 2 aromatic rings. The van der Waals surface area contributed by atoms with Gasteiger partial charge in [0.2, 0.25) is 5.91 Å². The highest BCUT2D eigenvalue weighted by Gasteiger charge is 2.16. The SMILES string of the molecule is CCCn1c(SCC(=O)Nc2cccc(OC)c2)nnc1C(C)C. The number of hydrogen-bond donors (Lipinski definition) is 1. The first-order valence-corrected chi connectivity index (χ1v) is 9.03. The normalized spacial score (nSPS) is 10.9. The van der Waals surface area contributed by atoms with E-state index < -0.39 is 0 Å². The van der Waals surface area contributed by atoms with Crippen LogP contribution in [0.15, 0.2) is 29.4 Å². The van der Waals surface area contributed by atoms with Crippen LogP contribution in [0.4, 0.5) is 5.69 Å². The van der Waals surface area contributed by atoms with Crippen molar-refractivity contribution in [1.82, 2.24) is 14.8 Å². The highest BCUT2D eigenvalue weighted by atomic mass is 32.2. The van der Waals surface area contributed by atoms with Crippen molar-refractivity contribution >= 4 is 23.4 Å². The topological polar surface area (TPSA) is 69.0 Å². The maximum absolute atomic E-state index is 12.2. The van der Waals surface area contributed by atoms with Crippen LogP contribution in [0.2, 0.25) is 0 Å². The minimum Gasteiger partial charge on any atom is -0.497 e. The van der Waals surface area contributed by atoms with Crippen molar-refractivity contribution < 1.29 is 9.53 Å². The first kappa shape index (κ1) is 18.3. The molecule has 130 valence electrons. The maximum atomic E-state index is 12.2. The summed E-state index contributed by atoms with van der Waals surface area (Å²) >= 11 is 1.41. The van der Waals surface area contributed by atoms with Crippen LogP contribution >= 0.6 is 11.8 Å². The number of carbonyl (C=O) groups excluding carboxylic acids is 1. The van der Waals surface area contributed by atoms with Gasteiger partial charge in [-0.1, -0.05) is 38.6 Å². The summed E-state index contributed by atoms with van der Waals surface area (Å²) in [6.45, 7) is 7.18. The van der Waals surface area contributed by atoms with E-state index in [0.29, 0.717) is 11.7 Å². The van der Waals surface area contributed by atoms with Gasteiger partial charge in [-0.2, -0.15) is 0 Å². The molecule has 1 N–H and O–H groups in total. The third-order valence-electron chi connectivity index (χ3n) is 3.39. The van der Waals surface area contributed by atoms with Gasteiger partial charge < -0.3 is 14.6 Å². The molecule has 1 amide bonds. The van der Waals surface area contributed by atoms with Crippen LogP contribution in [-0.2, 0) is 11.3 Å². The van der Waals surface area contributed by atoms with Crippen molar-refractivity contribution in [2.75, 3.05) is 18.2 Å². The average molecular weight is 348 g/mol. The largest absolute Gasteiger partial charge is 0.497 e. The Balaban J connectivity index is 1.98. The fraction of sp³-hybridized carbons (Fsp3) is 0.471. The summed E-state index contributed by atoms with van der Waals surface area (Å²) < 4.78 is 7.26. The second kappa shape index (κ2) is 8.73. The zero-order chi connectivity index (χ0) is 17.5. The molecule has 0 aliphatic heterocycles. The number of thioether (sulfide) groups is 1. The molecule has 0 fully saturated rings. The highest BCUT2D eigenvalue weighted by Crippen LogP contribution is 2.22. The van der Waals surface area contributed by atoms with E-state index in [1.54, 1.807) is 13.2 Å². The fourth-order valence-corrected chi connectivity index (χ4v) is 3.07. The van der Waals surface area contributed by atoms with Gasteiger partial charge in [0.05, 0.1) is 12.9 Å². The second-order valence-corrected chi connectivity index (χ2v) is 6.66. The minimum atomic E-state index is -0.0783. The van der Waals surface area contributed by atoms with Crippen LogP contribution in [0, 0.1) is 0 Å². The van der Waals surface area contributed by atoms with Crippen LogP contribution in [0.3, 0.4) is 0 Å². The van der Waals surface area contributed by atoms with Crippen LogP contribution in [0.5, 0.6) is 5.75 Å². The summed E-state index contributed by atoms with van der Waals surface area (Å²) in [7, 11) is 1.60. The molecule has 0 saturated carbocycles. The zero-order valence-corrected chi connectivity index (χ0v) is 15.4. The standard InChI is InChI=1S/C17H24N4O2S/c1-5-9-21-16(12(2)3)19-20-17(21)24-11-15(22)18-13-7-6-8-14(10-13)23-4/h6-8,10,12H,5,9,11H2,1-4H3,(H,18,22). The quantitative estimate of drug-likeness (QED) is 0.739. The van der Waals surface area contributed by atoms with Gasteiger partial charge in [-0.25, -0.2) is 0 Å². The van der Waals surface area contributed by atoms with E-state index in [1.807, 2.05) is 18.2 Å². The van der Waals surface area contributed by atoms with E-state index >= 15 is 0 Å². The van der Waals surface area contributed by atoms with Crippen molar-refractivity contribution in [3.05, 3.63) is 30.1 Å². The van der Waals surface area contributed by atoms with Crippen molar-refractivity contribution in [3.8, 4) is 5.75 Å². The Morgan fingerprint density at radius 2 is 2.17 bits per heavy atom.